The molecule has 1 atom stereocenters. The molecule has 2 rings (SSSR count). The lowest BCUT2D eigenvalue weighted by molar-refractivity contribution is 0.0334. The molecule has 0 amide bonds. The van der Waals surface area contributed by atoms with Gasteiger partial charge in [-0.3, -0.25) is 9.78 Å². The highest BCUT2D eigenvalue weighted by Crippen LogP contribution is 2.10. The molecule has 1 N–H and O–H groups in total. The fourth-order valence-corrected chi connectivity index (χ4v) is 1.51. The molecule has 94 valence electrons. The Labute approximate surface area is 104 Å². The zero-order chi connectivity index (χ0) is 13.1. The first-order valence-corrected chi connectivity index (χ1v) is 5.80. The second-order valence-electron chi connectivity index (χ2n) is 4.09. The molecular weight excluding hydrogens is 232 g/mol. The first-order chi connectivity index (χ1) is 8.61. The summed E-state index contributed by atoms with van der Waals surface area (Å²) in [5, 5.41) is 0.385. The Morgan fingerprint density at radius 3 is 3.06 bits per heavy atom. The molecule has 5 nitrogen and oxygen atoms in total. The van der Waals surface area contributed by atoms with Crippen LogP contribution in [-0.2, 0) is 4.74 Å². The summed E-state index contributed by atoms with van der Waals surface area (Å²) in [6, 6.07) is 3.19. The first-order valence-electron chi connectivity index (χ1n) is 5.80. The molecule has 1 unspecified atom stereocenters. The summed E-state index contributed by atoms with van der Waals surface area (Å²) in [6.45, 7) is 3.75. The number of rotatable bonds is 3. The summed E-state index contributed by atoms with van der Waals surface area (Å²) in [7, 11) is 0. The molecule has 18 heavy (non-hydrogen) atoms. The lowest BCUT2D eigenvalue weighted by atomic mass is 10.2. The fraction of sp³-hybridized carbons (Fsp3) is 0.308. The fourth-order valence-electron chi connectivity index (χ4n) is 1.51. The van der Waals surface area contributed by atoms with Gasteiger partial charge in [0.2, 0.25) is 0 Å². The largest absolute Gasteiger partial charge is 0.459 e. The van der Waals surface area contributed by atoms with Crippen LogP contribution in [0.4, 0.5) is 0 Å². The molecule has 0 saturated carbocycles. The van der Waals surface area contributed by atoms with Gasteiger partial charge in [-0.15, -0.1) is 0 Å². The lowest BCUT2D eigenvalue weighted by Crippen LogP contribution is -2.15. The summed E-state index contributed by atoms with van der Waals surface area (Å²) >= 11 is 0. The minimum Gasteiger partial charge on any atom is -0.459 e. The number of aromatic amines is 1. The Hall–Kier alpha value is -2.17. The van der Waals surface area contributed by atoms with Crippen molar-refractivity contribution in [3.63, 3.8) is 0 Å². The zero-order valence-corrected chi connectivity index (χ0v) is 10.3. The third kappa shape index (κ3) is 2.40. The Balaban J connectivity index is 2.38. The Kier molecular flexibility index (Phi) is 3.41. The second-order valence-corrected chi connectivity index (χ2v) is 4.09. The number of ether oxygens (including phenoxy) is 1. The number of nitrogens with zero attached hydrogens (tertiary/aromatic N) is 1. The second kappa shape index (κ2) is 5.00. The summed E-state index contributed by atoms with van der Waals surface area (Å²) in [5.74, 6) is -0.456. The highest BCUT2D eigenvalue weighted by molar-refractivity contribution is 5.93. The van der Waals surface area contributed by atoms with Crippen LogP contribution >= 0.6 is 0 Å². The number of H-pyrrole nitrogens is 1. The molecule has 0 aliphatic rings. The Bertz CT molecular complexity index is 633. The van der Waals surface area contributed by atoms with Crippen LogP contribution in [0.2, 0.25) is 0 Å². The molecule has 0 saturated heterocycles. The van der Waals surface area contributed by atoms with Crippen molar-refractivity contribution in [1.29, 1.82) is 0 Å². The highest BCUT2D eigenvalue weighted by atomic mass is 16.5. The molecule has 0 spiro atoms. The first kappa shape index (κ1) is 12.3. The van der Waals surface area contributed by atoms with Gasteiger partial charge in [-0.05, 0) is 25.5 Å². The number of nitrogens with one attached hydrogen (secondary N) is 1. The van der Waals surface area contributed by atoms with Gasteiger partial charge in [0.15, 0.2) is 0 Å². The van der Waals surface area contributed by atoms with E-state index in [2.05, 4.69) is 9.97 Å². The summed E-state index contributed by atoms with van der Waals surface area (Å²) in [6.07, 6.45) is 3.54. The van der Waals surface area contributed by atoms with E-state index in [1.807, 2.05) is 13.8 Å². The molecular formula is C13H14N2O3. The van der Waals surface area contributed by atoms with Crippen molar-refractivity contribution in [1.82, 2.24) is 9.97 Å². The molecule has 0 aromatic carbocycles. The maximum atomic E-state index is 11.8. The Morgan fingerprint density at radius 1 is 1.56 bits per heavy atom. The zero-order valence-electron chi connectivity index (χ0n) is 10.3. The van der Waals surface area contributed by atoms with Crippen LogP contribution in [0.15, 0.2) is 29.3 Å². The van der Waals surface area contributed by atoms with Gasteiger partial charge in [0.05, 0.1) is 22.6 Å². The van der Waals surface area contributed by atoms with E-state index in [1.54, 1.807) is 6.07 Å². The number of esters is 1. The lowest BCUT2D eigenvalue weighted by Gasteiger charge is -2.10. The molecule has 0 aliphatic carbocycles. The normalized spacial score (nSPS) is 12.3. The predicted octanol–water partition coefficient (Wildman–Crippen LogP) is 1.88. The average molecular weight is 246 g/mol. The van der Waals surface area contributed by atoms with Crippen molar-refractivity contribution in [3.05, 3.63) is 40.4 Å². The minimum atomic E-state index is -0.456. The third-order valence-electron chi connectivity index (χ3n) is 2.74. The summed E-state index contributed by atoms with van der Waals surface area (Å²) in [5.41, 5.74) is 0.580. The van der Waals surface area contributed by atoms with Crippen molar-refractivity contribution in [3.8, 4) is 0 Å². The van der Waals surface area contributed by atoms with E-state index in [0.717, 1.165) is 6.42 Å². The highest BCUT2D eigenvalue weighted by Gasteiger charge is 2.12. The van der Waals surface area contributed by atoms with Gasteiger partial charge in [0.25, 0.3) is 5.56 Å². The summed E-state index contributed by atoms with van der Waals surface area (Å²) in [4.78, 5) is 30.0. The van der Waals surface area contributed by atoms with Crippen molar-refractivity contribution < 1.29 is 9.53 Å². The van der Waals surface area contributed by atoms with Crippen molar-refractivity contribution in [2.45, 2.75) is 26.4 Å². The third-order valence-corrected chi connectivity index (χ3v) is 2.74. The summed E-state index contributed by atoms with van der Waals surface area (Å²) < 4.78 is 5.18. The van der Waals surface area contributed by atoms with E-state index < -0.39 is 5.97 Å². The van der Waals surface area contributed by atoms with Crippen LogP contribution in [0, 0.1) is 0 Å². The van der Waals surface area contributed by atoms with Crippen LogP contribution < -0.4 is 5.56 Å². The van der Waals surface area contributed by atoms with E-state index in [-0.39, 0.29) is 11.7 Å². The number of fused-ring (bicyclic) bond motifs is 1. The molecule has 0 bridgehead atoms. The van der Waals surface area contributed by atoms with Crippen LogP contribution in [0.25, 0.3) is 10.9 Å². The van der Waals surface area contributed by atoms with Gasteiger partial charge in [-0.2, -0.15) is 0 Å². The minimum absolute atomic E-state index is 0.151. The molecule has 0 fully saturated rings. The molecule has 2 aromatic heterocycles. The number of hydrogen-bond acceptors (Lipinski definition) is 4. The molecule has 5 heteroatoms. The average Bonchev–Trinajstić information content (AvgIpc) is 2.38. The number of hydrogen-bond donors (Lipinski definition) is 1. The molecule has 0 aliphatic heterocycles. The maximum absolute atomic E-state index is 11.8. The van der Waals surface area contributed by atoms with Crippen LogP contribution in [0.1, 0.15) is 30.6 Å². The quantitative estimate of drug-likeness (QED) is 0.839. The van der Waals surface area contributed by atoms with Crippen molar-refractivity contribution in [2.24, 2.45) is 0 Å². The van der Waals surface area contributed by atoms with Gasteiger partial charge >= 0.3 is 5.97 Å². The van der Waals surface area contributed by atoms with E-state index >= 15 is 0 Å². The van der Waals surface area contributed by atoms with Gasteiger partial charge in [0, 0.05) is 12.4 Å². The van der Waals surface area contributed by atoms with Crippen LogP contribution in [0.5, 0.6) is 0 Å². The van der Waals surface area contributed by atoms with E-state index in [0.29, 0.717) is 16.5 Å². The molecule has 2 heterocycles. The van der Waals surface area contributed by atoms with Crippen LogP contribution in [-0.4, -0.2) is 22.0 Å². The number of aromatic nitrogens is 2. The molecule has 2 aromatic rings. The van der Waals surface area contributed by atoms with Gasteiger partial charge in [0.1, 0.15) is 0 Å². The van der Waals surface area contributed by atoms with E-state index in [1.165, 1.54) is 18.5 Å². The number of carbonyl (C=O) groups excluding carboxylic acids is 1. The van der Waals surface area contributed by atoms with Gasteiger partial charge in [-0.1, -0.05) is 6.92 Å². The number of carbonyl (C=O) groups is 1. The van der Waals surface area contributed by atoms with Crippen molar-refractivity contribution in [2.75, 3.05) is 0 Å². The van der Waals surface area contributed by atoms with E-state index in [4.69, 9.17) is 4.74 Å². The SMILES string of the molecule is CCC(C)OC(=O)c1cnc2cc[nH]c(=O)c2c1. The standard InChI is InChI=1S/C13H14N2O3/c1-3-8(2)18-13(17)9-6-10-11(15-7-9)4-5-14-12(10)16/h4-8H,3H2,1-2H3,(H,14,16). The van der Waals surface area contributed by atoms with Gasteiger partial charge in [-0.25, -0.2) is 4.79 Å². The number of pyridine rings is 2. The molecule has 0 radical (unpaired) electrons. The topological polar surface area (TPSA) is 72.0 Å². The van der Waals surface area contributed by atoms with E-state index in [9.17, 15) is 9.59 Å². The van der Waals surface area contributed by atoms with Crippen molar-refractivity contribution >= 4 is 16.9 Å². The predicted molar refractivity (Wildman–Crippen MR) is 67.5 cm³/mol. The smallest absolute Gasteiger partial charge is 0.339 e. The Morgan fingerprint density at radius 2 is 2.33 bits per heavy atom. The maximum Gasteiger partial charge on any atom is 0.339 e. The van der Waals surface area contributed by atoms with Crippen LogP contribution in [0.3, 0.4) is 0 Å². The monoisotopic (exact) mass is 246 g/mol. The van der Waals surface area contributed by atoms with Gasteiger partial charge < -0.3 is 9.72 Å².